The Bertz CT molecular complexity index is 841. The number of morpholine rings is 1. The Balaban J connectivity index is 1.37. The highest BCUT2D eigenvalue weighted by Gasteiger charge is 2.40. The standard InChI is InChI=1S/C27H39ClN2O4/c1-21-18-23(7-8-24(21)28)34-20-27(19-26(32)30-14-16-33-17-15-30)10-12-29(13-11-27)25(31)9-6-22-4-2-3-5-22/h7-8,18,22H,2-6,9-17,19-20H2,1H3. The number of hydrogen-bond acceptors (Lipinski definition) is 4. The molecule has 2 aliphatic heterocycles. The fourth-order valence-corrected chi connectivity index (χ4v) is 5.69. The molecule has 1 aliphatic carbocycles. The molecule has 0 N–H and O–H groups in total. The summed E-state index contributed by atoms with van der Waals surface area (Å²) in [5.74, 6) is 1.94. The van der Waals surface area contributed by atoms with E-state index in [2.05, 4.69) is 0 Å². The Morgan fingerprint density at radius 3 is 2.41 bits per heavy atom. The molecule has 1 saturated carbocycles. The third-order valence-electron chi connectivity index (χ3n) is 7.98. The summed E-state index contributed by atoms with van der Waals surface area (Å²) in [5.41, 5.74) is 0.700. The van der Waals surface area contributed by atoms with Gasteiger partial charge in [0.1, 0.15) is 5.75 Å². The number of piperidine rings is 1. The lowest BCUT2D eigenvalue weighted by Gasteiger charge is -2.42. The third-order valence-corrected chi connectivity index (χ3v) is 8.41. The van der Waals surface area contributed by atoms with Crippen LogP contribution < -0.4 is 4.74 Å². The van der Waals surface area contributed by atoms with Crippen molar-refractivity contribution in [1.29, 1.82) is 0 Å². The molecule has 2 amide bonds. The fourth-order valence-electron chi connectivity index (χ4n) is 5.58. The zero-order valence-corrected chi connectivity index (χ0v) is 21.3. The molecule has 3 fully saturated rings. The van der Waals surface area contributed by atoms with Crippen molar-refractivity contribution in [3.63, 3.8) is 0 Å². The summed E-state index contributed by atoms with van der Waals surface area (Å²) in [6.45, 7) is 6.32. The van der Waals surface area contributed by atoms with Crippen LogP contribution in [-0.2, 0) is 14.3 Å². The van der Waals surface area contributed by atoms with Gasteiger partial charge in [-0.1, -0.05) is 37.3 Å². The second-order valence-corrected chi connectivity index (χ2v) is 10.8. The quantitative estimate of drug-likeness (QED) is 0.522. The number of benzene rings is 1. The van der Waals surface area contributed by atoms with Gasteiger partial charge in [-0.15, -0.1) is 0 Å². The predicted molar refractivity (Wildman–Crippen MR) is 133 cm³/mol. The SMILES string of the molecule is Cc1cc(OCC2(CC(=O)N3CCOCC3)CCN(C(=O)CCC3CCCC3)CC2)ccc1Cl. The average molecular weight is 491 g/mol. The van der Waals surface area contributed by atoms with Crippen LogP contribution in [0.1, 0.15) is 63.4 Å². The van der Waals surface area contributed by atoms with Gasteiger partial charge in [0.2, 0.25) is 11.8 Å². The summed E-state index contributed by atoms with van der Waals surface area (Å²) in [4.78, 5) is 30.0. The molecule has 0 atom stereocenters. The lowest BCUT2D eigenvalue weighted by atomic mass is 9.75. The van der Waals surface area contributed by atoms with Crippen molar-refractivity contribution in [3.05, 3.63) is 28.8 Å². The van der Waals surface area contributed by atoms with Gasteiger partial charge < -0.3 is 19.3 Å². The van der Waals surface area contributed by atoms with Gasteiger partial charge in [-0.05, 0) is 55.9 Å². The number of aryl methyl sites for hydroxylation is 1. The first-order valence-electron chi connectivity index (χ1n) is 13.0. The summed E-state index contributed by atoms with van der Waals surface area (Å²) >= 11 is 6.17. The molecule has 3 aliphatic rings. The minimum absolute atomic E-state index is 0.167. The first-order chi connectivity index (χ1) is 16.4. The molecule has 1 aromatic rings. The smallest absolute Gasteiger partial charge is 0.223 e. The summed E-state index contributed by atoms with van der Waals surface area (Å²) in [6, 6.07) is 5.68. The van der Waals surface area contributed by atoms with Crippen molar-refractivity contribution in [2.75, 3.05) is 46.0 Å². The zero-order chi connectivity index (χ0) is 24.0. The van der Waals surface area contributed by atoms with Crippen molar-refractivity contribution in [1.82, 2.24) is 9.80 Å². The van der Waals surface area contributed by atoms with E-state index in [1.807, 2.05) is 34.9 Å². The van der Waals surface area contributed by atoms with Gasteiger partial charge in [-0.2, -0.15) is 0 Å². The van der Waals surface area contributed by atoms with Gasteiger partial charge in [0.05, 0.1) is 19.8 Å². The zero-order valence-electron chi connectivity index (χ0n) is 20.5. The van der Waals surface area contributed by atoms with Crippen LogP contribution in [0, 0.1) is 18.3 Å². The van der Waals surface area contributed by atoms with Crippen molar-refractivity contribution in [2.24, 2.45) is 11.3 Å². The molecule has 1 aromatic carbocycles. The minimum Gasteiger partial charge on any atom is -0.493 e. The Morgan fingerprint density at radius 2 is 1.74 bits per heavy atom. The third kappa shape index (κ3) is 6.66. The number of halogens is 1. The van der Waals surface area contributed by atoms with Crippen LogP contribution in [0.4, 0.5) is 0 Å². The van der Waals surface area contributed by atoms with Crippen LogP contribution in [0.3, 0.4) is 0 Å². The molecule has 0 spiro atoms. The second-order valence-electron chi connectivity index (χ2n) is 10.4. The average Bonchev–Trinajstić information content (AvgIpc) is 3.38. The van der Waals surface area contributed by atoms with Crippen LogP contribution in [0.25, 0.3) is 0 Å². The molecule has 188 valence electrons. The number of hydrogen-bond donors (Lipinski definition) is 0. The number of rotatable bonds is 8. The van der Waals surface area contributed by atoms with Gasteiger partial charge in [0, 0.05) is 49.5 Å². The van der Waals surface area contributed by atoms with Crippen molar-refractivity contribution in [2.45, 2.75) is 64.7 Å². The molecule has 2 saturated heterocycles. The number of amides is 2. The topological polar surface area (TPSA) is 59.1 Å². The Morgan fingerprint density at radius 1 is 1.06 bits per heavy atom. The van der Waals surface area contributed by atoms with Crippen LogP contribution in [-0.4, -0.2) is 67.6 Å². The van der Waals surface area contributed by atoms with E-state index in [4.69, 9.17) is 21.1 Å². The maximum Gasteiger partial charge on any atom is 0.223 e. The van der Waals surface area contributed by atoms with Crippen molar-refractivity contribution in [3.8, 4) is 5.75 Å². The predicted octanol–water partition coefficient (Wildman–Crippen LogP) is 4.86. The maximum absolute atomic E-state index is 13.2. The van der Waals surface area contributed by atoms with E-state index < -0.39 is 0 Å². The lowest BCUT2D eigenvalue weighted by molar-refractivity contribution is -0.141. The van der Waals surface area contributed by atoms with Gasteiger partial charge in [-0.3, -0.25) is 9.59 Å². The van der Waals surface area contributed by atoms with Crippen molar-refractivity contribution >= 4 is 23.4 Å². The number of ether oxygens (including phenoxy) is 2. The molecule has 0 aromatic heterocycles. The number of carbonyl (C=O) groups is 2. The van der Waals surface area contributed by atoms with E-state index in [9.17, 15) is 9.59 Å². The number of nitrogens with zero attached hydrogens (tertiary/aromatic N) is 2. The number of carbonyl (C=O) groups excluding carboxylic acids is 2. The molecule has 2 heterocycles. The second kappa shape index (κ2) is 11.8. The Hall–Kier alpha value is -1.79. The highest BCUT2D eigenvalue weighted by atomic mass is 35.5. The maximum atomic E-state index is 13.2. The van der Waals surface area contributed by atoms with Crippen LogP contribution in [0.2, 0.25) is 5.02 Å². The van der Waals surface area contributed by atoms with E-state index in [0.717, 1.165) is 36.5 Å². The van der Waals surface area contributed by atoms with E-state index in [1.54, 1.807) is 0 Å². The highest BCUT2D eigenvalue weighted by molar-refractivity contribution is 6.31. The van der Waals surface area contributed by atoms with Crippen molar-refractivity contribution < 1.29 is 19.1 Å². The molecule has 0 unspecified atom stereocenters. The van der Waals surface area contributed by atoms with Gasteiger partial charge in [-0.25, -0.2) is 0 Å². The summed E-state index contributed by atoms with van der Waals surface area (Å²) in [6.07, 6.45) is 8.88. The first kappa shape index (κ1) is 25.3. The highest BCUT2D eigenvalue weighted by Crippen LogP contribution is 2.38. The summed E-state index contributed by atoms with van der Waals surface area (Å²) in [5, 5.41) is 0.717. The van der Waals surface area contributed by atoms with E-state index in [0.29, 0.717) is 63.9 Å². The Kier molecular flexibility index (Phi) is 8.75. The molecular weight excluding hydrogens is 452 g/mol. The van der Waals surface area contributed by atoms with Crippen LogP contribution in [0.5, 0.6) is 5.75 Å². The van der Waals surface area contributed by atoms with Crippen LogP contribution >= 0.6 is 11.6 Å². The molecule has 34 heavy (non-hydrogen) atoms. The number of likely N-dealkylation sites (tertiary alicyclic amines) is 1. The molecule has 7 heteroatoms. The summed E-state index contributed by atoms with van der Waals surface area (Å²) < 4.78 is 11.6. The molecule has 4 rings (SSSR count). The molecule has 0 radical (unpaired) electrons. The molecule has 0 bridgehead atoms. The van der Waals surface area contributed by atoms with Gasteiger partial charge >= 0.3 is 0 Å². The largest absolute Gasteiger partial charge is 0.493 e. The van der Waals surface area contributed by atoms with E-state index in [1.165, 1.54) is 25.7 Å². The van der Waals surface area contributed by atoms with E-state index in [-0.39, 0.29) is 17.2 Å². The van der Waals surface area contributed by atoms with Gasteiger partial charge in [0.15, 0.2) is 0 Å². The minimum atomic E-state index is -0.273. The monoisotopic (exact) mass is 490 g/mol. The van der Waals surface area contributed by atoms with Gasteiger partial charge in [0.25, 0.3) is 0 Å². The fraction of sp³-hybridized carbons (Fsp3) is 0.704. The first-order valence-corrected chi connectivity index (χ1v) is 13.3. The van der Waals surface area contributed by atoms with E-state index >= 15 is 0 Å². The molecular formula is C27H39ClN2O4. The Labute approximate surface area is 208 Å². The lowest BCUT2D eigenvalue weighted by Crippen LogP contribution is -2.49. The summed E-state index contributed by atoms with van der Waals surface area (Å²) in [7, 11) is 0. The van der Waals surface area contributed by atoms with Crippen LogP contribution in [0.15, 0.2) is 18.2 Å². The normalized spacial score (nSPS) is 21.0. The molecule has 6 nitrogen and oxygen atoms in total.